The summed E-state index contributed by atoms with van der Waals surface area (Å²) in [5.41, 5.74) is 0.211. The quantitative estimate of drug-likeness (QED) is 0.829. The second-order valence-electron chi connectivity index (χ2n) is 4.89. The fraction of sp³-hybridized carbons (Fsp3) is 0.538. The van der Waals surface area contributed by atoms with Crippen molar-refractivity contribution in [2.24, 2.45) is 0 Å². The Hall–Kier alpha value is -0.730. The summed E-state index contributed by atoms with van der Waals surface area (Å²) >= 11 is 5.88. The third kappa shape index (κ3) is 4.14. The normalized spacial score (nSPS) is 19.1. The second-order valence-corrected chi connectivity index (χ2v) is 7.07. The minimum atomic E-state index is -3.96. The van der Waals surface area contributed by atoms with Crippen LogP contribution in [0.4, 0.5) is 4.39 Å². The van der Waals surface area contributed by atoms with Crippen molar-refractivity contribution in [2.75, 3.05) is 20.2 Å². The van der Waals surface area contributed by atoms with Gasteiger partial charge in [-0.05, 0) is 32.0 Å². The number of rotatable bonds is 6. The molecule has 1 aliphatic rings. The molecule has 21 heavy (non-hydrogen) atoms. The molecule has 1 heterocycles. The van der Waals surface area contributed by atoms with Gasteiger partial charge < -0.3 is 10.1 Å². The molecule has 8 heteroatoms. The number of benzene rings is 1. The van der Waals surface area contributed by atoms with E-state index >= 15 is 0 Å². The Morgan fingerprint density at radius 3 is 2.86 bits per heavy atom. The maximum Gasteiger partial charge on any atom is 0.243 e. The molecule has 1 atom stereocenters. The van der Waals surface area contributed by atoms with Crippen LogP contribution in [0, 0.1) is 5.82 Å². The minimum absolute atomic E-state index is 0.135. The Balaban J connectivity index is 2.21. The fourth-order valence-electron chi connectivity index (χ4n) is 2.22. The summed E-state index contributed by atoms with van der Waals surface area (Å²) < 4.78 is 46.5. The van der Waals surface area contributed by atoms with Gasteiger partial charge in [-0.3, -0.25) is 0 Å². The molecule has 1 fully saturated rings. The molecular weight excluding hydrogens is 319 g/mol. The summed E-state index contributed by atoms with van der Waals surface area (Å²) in [6, 6.07) is 2.53. The largest absolute Gasteiger partial charge is 0.377 e. The van der Waals surface area contributed by atoms with E-state index in [9.17, 15) is 12.8 Å². The lowest BCUT2D eigenvalue weighted by Gasteiger charge is -2.13. The van der Waals surface area contributed by atoms with E-state index in [1.54, 1.807) is 7.05 Å². The van der Waals surface area contributed by atoms with E-state index < -0.39 is 20.7 Å². The van der Waals surface area contributed by atoms with Gasteiger partial charge in [-0.2, -0.15) is 0 Å². The van der Waals surface area contributed by atoms with Crippen molar-refractivity contribution >= 4 is 21.6 Å². The Labute approximate surface area is 128 Å². The first-order chi connectivity index (χ1) is 9.94. The number of hydrogen-bond donors (Lipinski definition) is 2. The van der Waals surface area contributed by atoms with E-state index in [1.807, 2.05) is 0 Å². The number of hydrogen-bond acceptors (Lipinski definition) is 4. The van der Waals surface area contributed by atoms with Gasteiger partial charge in [0, 0.05) is 30.3 Å². The van der Waals surface area contributed by atoms with Crippen molar-refractivity contribution in [1.82, 2.24) is 10.0 Å². The van der Waals surface area contributed by atoms with Gasteiger partial charge in [-0.15, -0.1) is 0 Å². The van der Waals surface area contributed by atoms with Gasteiger partial charge >= 0.3 is 0 Å². The van der Waals surface area contributed by atoms with E-state index in [4.69, 9.17) is 16.3 Å². The summed E-state index contributed by atoms with van der Waals surface area (Å²) in [4.78, 5) is -0.432. The molecule has 2 rings (SSSR count). The first-order valence-electron chi connectivity index (χ1n) is 6.68. The van der Waals surface area contributed by atoms with Crippen LogP contribution in [0.3, 0.4) is 0 Å². The second kappa shape index (κ2) is 7.02. The van der Waals surface area contributed by atoms with E-state index in [0.29, 0.717) is 6.61 Å². The van der Waals surface area contributed by atoms with E-state index in [1.165, 1.54) is 6.07 Å². The van der Waals surface area contributed by atoms with Crippen LogP contribution < -0.4 is 10.0 Å². The van der Waals surface area contributed by atoms with Crippen molar-refractivity contribution in [3.8, 4) is 0 Å². The number of ether oxygens (including phenoxy) is 1. The Bertz CT molecular complexity index is 604. The molecule has 5 nitrogen and oxygen atoms in total. The lowest BCUT2D eigenvalue weighted by Crippen LogP contribution is -2.32. The molecule has 0 amide bonds. The zero-order valence-corrected chi connectivity index (χ0v) is 13.2. The Kier molecular flexibility index (Phi) is 5.56. The highest BCUT2D eigenvalue weighted by atomic mass is 35.5. The SMILES string of the molecule is CNCc1cc(Cl)cc(S(=O)(=O)NCC2CCCO2)c1F. The number of sulfonamides is 1. The van der Waals surface area contributed by atoms with Gasteiger partial charge in [0.2, 0.25) is 10.0 Å². The zero-order chi connectivity index (χ0) is 15.5. The lowest BCUT2D eigenvalue weighted by atomic mass is 10.2. The molecule has 0 aromatic heterocycles. The fourth-order valence-corrected chi connectivity index (χ4v) is 3.73. The van der Waals surface area contributed by atoms with Crippen LogP contribution in [0.25, 0.3) is 0 Å². The molecule has 0 saturated carbocycles. The van der Waals surface area contributed by atoms with Crippen molar-refractivity contribution in [2.45, 2.75) is 30.4 Å². The lowest BCUT2D eigenvalue weighted by molar-refractivity contribution is 0.114. The third-order valence-electron chi connectivity index (χ3n) is 3.26. The van der Waals surface area contributed by atoms with Gasteiger partial charge in [0.05, 0.1) is 6.10 Å². The number of nitrogens with one attached hydrogen (secondary N) is 2. The van der Waals surface area contributed by atoms with Crippen LogP contribution in [-0.2, 0) is 21.3 Å². The first kappa shape index (κ1) is 16.6. The molecule has 1 unspecified atom stereocenters. The highest BCUT2D eigenvalue weighted by Crippen LogP contribution is 2.24. The molecule has 118 valence electrons. The highest BCUT2D eigenvalue weighted by Gasteiger charge is 2.24. The van der Waals surface area contributed by atoms with Gasteiger partial charge in [0.15, 0.2) is 0 Å². The molecular formula is C13H18ClFN2O3S. The van der Waals surface area contributed by atoms with Crippen LogP contribution in [-0.4, -0.2) is 34.7 Å². The average molecular weight is 337 g/mol. The molecule has 1 saturated heterocycles. The standard InChI is InChI=1S/C13H18ClFN2O3S/c1-16-7-9-5-10(14)6-12(13(9)15)21(18,19)17-8-11-3-2-4-20-11/h5-6,11,16-17H,2-4,7-8H2,1H3. The van der Waals surface area contributed by atoms with Crippen LogP contribution in [0.15, 0.2) is 17.0 Å². The zero-order valence-electron chi connectivity index (χ0n) is 11.7. The molecule has 1 aromatic rings. The number of halogens is 2. The topological polar surface area (TPSA) is 67.4 Å². The first-order valence-corrected chi connectivity index (χ1v) is 8.54. The Morgan fingerprint density at radius 1 is 1.48 bits per heavy atom. The average Bonchev–Trinajstić information content (AvgIpc) is 2.94. The molecule has 1 aromatic carbocycles. The molecule has 0 aliphatic carbocycles. The smallest absolute Gasteiger partial charge is 0.243 e. The van der Waals surface area contributed by atoms with E-state index in [2.05, 4.69) is 10.0 Å². The van der Waals surface area contributed by atoms with Crippen LogP contribution in [0.1, 0.15) is 18.4 Å². The summed E-state index contributed by atoms with van der Waals surface area (Å²) in [6.45, 7) is 0.959. The monoisotopic (exact) mass is 336 g/mol. The van der Waals surface area contributed by atoms with Gasteiger partial charge in [0.1, 0.15) is 10.7 Å². The molecule has 0 spiro atoms. The Morgan fingerprint density at radius 2 is 2.24 bits per heavy atom. The predicted octanol–water partition coefficient (Wildman–Crippen LogP) is 1.66. The van der Waals surface area contributed by atoms with Crippen molar-refractivity contribution in [3.05, 3.63) is 28.5 Å². The van der Waals surface area contributed by atoms with Crippen LogP contribution >= 0.6 is 11.6 Å². The summed E-state index contributed by atoms with van der Waals surface area (Å²) in [7, 11) is -2.32. The highest BCUT2D eigenvalue weighted by molar-refractivity contribution is 7.89. The van der Waals surface area contributed by atoms with Crippen molar-refractivity contribution < 1.29 is 17.5 Å². The van der Waals surface area contributed by atoms with Crippen LogP contribution in [0.2, 0.25) is 5.02 Å². The van der Waals surface area contributed by atoms with Crippen molar-refractivity contribution in [3.63, 3.8) is 0 Å². The summed E-state index contributed by atoms with van der Waals surface area (Å²) in [5.74, 6) is -0.784. The summed E-state index contributed by atoms with van der Waals surface area (Å²) in [6.07, 6.45) is 1.55. The van der Waals surface area contributed by atoms with E-state index in [0.717, 1.165) is 18.9 Å². The maximum absolute atomic E-state index is 14.3. The molecule has 0 radical (unpaired) electrons. The van der Waals surface area contributed by atoms with Gasteiger partial charge in [0.25, 0.3) is 0 Å². The van der Waals surface area contributed by atoms with Gasteiger partial charge in [-0.25, -0.2) is 17.5 Å². The maximum atomic E-state index is 14.3. The molecule has 0 bridgehead atoms. The van der Waals surface area contributed by atoms with Crippen molar-refractivity contribution in [1.29, 1.82) is 0 Å². The summed E-state index contributed by atoms with van der Waals surface area (Å²) in [5, 5.41) is 2.95. The van der Waals surface area contributed by atoms with Gasteiger partial charge in [-0.1, -0.05) is 11.6 Å². The predicted molar refractivity (Wildman–Crippen MR) is 78.3 cm³/mol. The minimum Gasteiger partial charge on any atom is -0.377 e. The van der Waals surface area contributed by atoms with E-state index in [-0.39, 0.29) is 29.8 Å². The van der Waals surface area contributed by atoms with Crippen LogP contribution in [0.5, 0.6) is 0 Å². The third-order valence-corrected chi connectivity index (χ3v) is 4.90. The molecule has 1 aliphatic heterocycles. The molecule has 2 N–H and O–H groups in total.